The summed E-state index contributed by atoms with van der Waals surface area (Å²) >= 11 is 11.9. The highest BCUT2D eigenvalue weighted by Crippen LogP contribution is 2.24. The molecule has 10 heteroatoms. The highest BCUT2D eigenvalue weighted by Gasteiger charge is 2.11. The molecule has 3 N–H and O–H groups in total. The first-order valence-electron chi connectivity index (χ1n) is 10.2. The topological polar surface area (TPSA) is 86.7 Å². The Labute approximate surface area is 193 Å². The summed E-state index contributed by atoms with van der Waals surface area (Å²) in [7, 11) is 0. The van der Waals surface area contributed by atoms with E-state index in [4.69, 9.17) is 28.6 Å². The maximum atomic E-state index is 6.38. The second-order valence-electron chi connectivity index (χ2n) is 7.30. The summed E-state index contributed by atoms with van der Waals surface area (Å²) in [6, 6.07) is 7.66. The third kappa shape index (κ3) is 7.39. The number of guanidine groups is 1. The Bertz CT molecular complexity index is 927. The molecule has 2 heterocycles. The number of aliphatic imine (C=N–C) groups is 1. The summed E-state index contributed by atoms with van der Waals surface area (Å²) < 4.78 is 5.40. The van der Waals surface area contributed by atoms with Gasteiger partial charge in [-0.25, -0.2) is 9.97 Å². The van der Waals surface area contributed by atoms with Crippen LogP contribution >= 0.6 is 23.8 Å². The molecule has 8 nitrogen and oxygen atoms in total. The number of thiocarbonyl (C=S) groups is 1. The molecular weight excluding hydrogens is 434 g/mol. The first-order valence-corrected chi connectivity index (χ1v) is 11.0. The Morgan fingerprint density at radius 3 is 2.58 bits per heavy atom. The molecule has 0 atom stereocenters. The van der Waals surface area contributed by atoms with Crippen LogP contribution in [-0.2, 0) is 4.74 Å². The lowest BCUT2D eigenvalue weighted by Crippen LogP contribution is -2.41. The van der Waals surface area contributed by atoms with Gasteiger partial charge in [0.15, 0.2) is 5.11 Å². The number of hydrogen-bond acceptors (Lipinski definition) is 6. The molecule has 0 unspecified atom stereocenters. The maximum absolute atomic E-state index is 6.38. The minimum Gasteiger partial charge on any atom is -0.379 e. The van der Waals surface area contributed by atoms with Crippen molar-refractivity contribution in [1.82, 2.24) is 20.2 Å². The monoisotopic (exact) mass is 461 g/mol. The van der Waals surface area contributed by atoms with Gasteiger partial charge in [0, 0.05) is 31.0 Å². The van der Waals surface area contributed by atoms with E-state index in [1.54, 1.807) is 0 Å². The minimum absolute atomic E-state index is 0.370. The molecule has 0 radical (unpaired) electrons. The number of benzene rings is 1. The second-order valence-corrected chi connectivity index (χ2v) is 8.09. The largest absolute Gasteiger partial charge is 0.379 e. The molecule has 1 saturated heterocycles. The predicted molar refractivity (Wildman–Crippen MR) is 130 cm³/mol. The quantitative estimate of drug-likeness (QED) is 0.355. The van der Waals surface area contributed by atoms with E-state index in [2.05, 4.69) is 35.8 Å². The summed E-state index contributed by atoms with van der Waals surface area (Å²) in [4.78, 5) is 15.9. The zero-order valence-corrected chi connectivity index (χ0v) is 19.6. The summed E-state index contributed by atoms with van der Waals surface area (Å²) in [5.41, 5.74) is 3.44. The molecule has 0 amide bonds. The number of aryl methyl sites for hydroxylation is 3. The molecule has 166 valence electrons. The van der Waals surface area contributed by atoms with Gasteiger partial charge in [0.05, 0.1) is 30.5 Å². The van der Waals surface area contributed by atoms with Crippen LogP contribution in [0.5, 0.6) is 0 Å². The van der Waals surface area contributed by atoms with Crippen molar-refractivity contribution in [1.29, 1.82) is 0 Å². The van der Waals surface area contributed by atoms with E-state index in [-0.39, 0.29) is 0 Å². The third-order valence-corrected chi connectivity index (χ3v) is 5.38. The van der Waals surface area contributed by atoms with Crippen molar-refractivity contribution in [3.63, 3.8) is 0 Å². The van der Waals surface area contributed by atoms with Gasteiger partial charge in [-0.1, -0.05) is 23.7 Å². The Kier molecular flexibility index (Phi) is 8.53. The Morgan fingerprint density at radius 2 is 1.87 bits per heavy atom. The van der Waals surface area contributed by atoms with Crippen LogP contribution in [0.25, 0.3) is 0 Å². The smallest absolute Gasteiger partial charge is 0.229 e. The summed E-state index contributed by atoms with van der Waals surface area (Å²) in [5, 5.41) is 10.4. The van der Waals surface area contributed by atoms with Crippen LogP contribution in [0.3, 0.4) is 0 Å². The van der Waals surface area contributed by atoms with Crippen molar-refractivity contribution in [3.8, 4) is 0 Å². The first kappa shape index (κ1) is 23.3. The predicted octanol–water partition coefficient (Wildman–Crippen LogP) is 3.14. The van der Waals surface area contributed by atoms with E-state index >= 15 is 0 Å². The summed E-state index contributed by atoms with van der Waals surface area (Å²) in [6.45, 7) is 10.6. The number of aromatic nitrogens is 2. The lowest BCUT2D eigenvalue weighted by Gasteiger charge is -2.25. The third-order valence-electron chi connectivity index (χ3n) is 4.67. The van der Waals surface area contributed by atoms with Crippen molar-refractivity contribution in [2.75, 3.05) is 50.0 Å². The molecule has 0 bridgehead atoms. The van der Waals surface area contributed by atoms with Crippen molar-refractivity contribution < 1.29 is 4.74 Å². The number of halogens is 1. The van der Waals surface area contributed by atoms with Crippen molar-refractivity contribution in [2.45, 2.75) is 20.8 Å². The van der Waals surface area contributed by atoms with E-state index in [1.807, 2.05) is 45.0 Å². The van der Waals surface area contributed by atoms with Gasteiger partial charge in [-0.15, -0.1) is 0 Å². The van der Waals surface area contributed by atoms with Gasteiger partial charge in [0.1, 0.15) is 0 Å². The Balaban J connectivity index is 1.69. The molecule has 0 saturated carbocycles. The highest BCUT2D eigenvalue weighted by molar-refractivity contribution is 7.80. The molecule has 1 aliphatic rings. The molecule has 3 rings (SSSR count). The lowest BCUT2D eigenvalue weighted by molar-refractivity contribution is 0.0394. The lowest BCUT2D eigenvalue weighted by atomic mass is 10.2. The maximum Gasteiger partial charge on any atom is 0.229 e. The summed E-state index contributed by atoms with van der Waals surface area (Å²) in [5.74, 6) is 0.936. The Hall–Kier alpha value is -2.33. The van der Waals surface area contributed by atoms with Crippen molar-refractivity contribution >= 4 is 46.5 Å². The van der Waals surface area contributed by atoms with Crippen LogP contribution < -0.4 is 16.0 Å². The molecule has 0 aliphatic carbocycles. The number of anilines is 2. The van der Waals surface area contributed by atoms with E-state index in [0.29, 0.717) is 28.6 Å². The number of nitrogens with zero attached hydrogens (tertiary/aromatic N) is 4. The first-order chi connectivity index (χ1) is 14.9. The van der Waals surface area contributed by atoms with E-state index < -0.39 is 0 Å². The molecule has 1 fully saturated rings. The van der Waals surface area contributed by atoms with Gasteiger partial charge in [-0.05, 0) is 50.7 Å². The standard InChI is InChI=1S/C21H28ClN7OS/c1-14-5-4-6-17(18(14)22)26-21(31)28-19(23-7-8-29-9-11-30-12-10-29)27-20-24-15(2)13-16(3)25-20/h4-6,13H,7-12H2,1-3H3,(H3,23,24,25,26,27,28,31). The minimum atomic E-state index is 0.370. The Morgan fingerprint density at radius 1 is 1.16 bits per heavy atom. The molecular formula is C21H28ClN7OS. The number of nitrogens with one attached hydrogen (secondary N) is 3. The van der Waals surface area contributed by atoms with Crippen LogP contribution in [0.15, 0.2) is 29.3 Å². The van der Waals surface area contributed by atoms with Gasteiger partial charge in [-0.2, -0.15) is 0 Å². The van der Waals surface area contributed by atoms with Crippen molar-refractivity contribution in [3.05, 3.63) is 46.2 Å². The zero-order valence-electron chi connectivity index (χ0n) is 18.0. The molecule has 0 spiro atoms. The molecule has 2 aromatic rings. The highest BCUT2D eigenvalue weighted by atomic mass is 35.5. The fraction of sp³-hybridized carbons (Fsp3) is 0.429. The summed E-state index contributed by atoms with van der Waals surface area (Å²) in [6.07, 6.45) is 0. The molecule has 1 aliphatic heterocycles. The van der Waals surface area contributed by atoms with Gasteiger partial charge in [0.25, 0.3) is 0 Å². The van der Waals surface area contributed by atoms with E-state index in [9.17, 15) is 0 Å². The van der Waals surface area contributed by atoms with Crippen LogP contribution in [-0.4, -0.2) is 65.3 Å². The average Bonchev–Trinajstić information content (AvgIpc) is 2.71. The number of ether oxygens (including phenoxy) is 1. The number of rotatable bonds is 5. The molecule has 1 aromatic carbocycles. The average molecular weight is 462 g/mol. The van der Waals surface area contributed by atoms with Crippen LogP contribution in [0, 0.1) is 20.8 Å². The van der Waals surface area contributed by atoms with Gasteiger partial charge < -0.3 is 15.4 Å². The second kappa shape index (κ2) is 11.3. The van der Waals surface area contributed by atoms with Crippen LogP contribution in [0.2, 0.25) is 5.02 Å². The normalized spacial score (nSPS) is 14.9. The number of hydrogen-bond donors (Lipinski definition) is 3. The fourth-order valence-corrected chi connectivity index (χ4v) is 3.51. The SMILES string of the molecule is Cc1cc(C)nc(NC(=NCCN2CCOCC2)NC(=S)Nc2cccc(C)c2Cl)n1. The number of morpholine rings is 1. The van der Waals surface area contributed by atoms with Crippen LogP contribution in [0.4, 0.5) is 11.6 Å². The molecule has 31 heavy (non-hydrogen) atoms. The van der Waals surface area contributed by atoms with Gasteiger partial charge in [0.2, 0.25) is 11.9 Å². The molecule has 1 aromatic heterocycles. The van der Waals surface area contributed by atoms with Crippen LogP contribution in [0.1, 0.15) is 17.0 Å². The van der Waals surface area contributed by atoms with Crippen molar-refractivity contribution in [2.24, 2.45) is 4.99 Å². The zero-order chi connectivity index (χ0) is 22.2. The van der Waals surface area contributed by atoms with Gasteiger partial charge in [-0.3, -0.25) is 15.2 Å². The van der Waals surface area contributed by atoms with Gasteiger partial charge >= 0.3 is 0 Å². The fourth-order valence-electron chi connectivity index (χ4n) is 3.13. The van der Waals surface area contributed by atoms with E-state index in [0.717, 1.165) is 55.5 Å². The van der Waals surface area contributed by atoms with E-state index in [1.165, 1.54) is 0 Å².